The molecule has 1 amide bonds. The van der Waals surface area contributed by atoms with Crippen LogP contribution in [0.25, 0.3) is 0 Å². The number of amides is 1. The Bertz CT molecular complexity index is 600. The average molecular weight is 371 g/mol. The summed E-state index contributed by atoms with van der Waals surface area (Å²) in [5.74, 6) is 0.654. The van der Waals surface area contributed by atoms with Crippen LogP contribution in [0.1, 0.15) is 50.4 Å². The van der Waals surface area contributed by atoms with Crippen LogP contribution in [0, 0.1) is 16.7 Å². The molecule has 0 radical (unpaired) electrons. The minimum absolute atomic E-state index is 0.0594. The van der Waals surface area contributed by atoms with E-state index in [1.165, 1.54) is 12.8 Å². The van der Waals surface area contributed by atoms with E-state index < -0.39 is 0 Å². The first-order valence-electron chi connectivity index (χ1n) is 7.51. The van der Waals surface area contributed by atoms with Gasteiger partial charge in [0.15, 0.2) is 0 Å². The van der Waals surface area contributed by atoms with Gasteiger partial charge in [0.05, 0.1) is 10.6 Å². The monoisotopic (exact) mass is 369 g/mol. The third kappa shape index (κ3) is 2.24. The molecular weight excluding hydrogens is 350 g/mol. The molecule has 2 saturated carbocycles. The van der Waals surface area contributed by atoms with E-state index in [2.05, 4.69) is 42.0 Å². The quantitative estimate of drug-likeness (QED) is 0.775. The molecule has 21 heavy (non-hydrogen) atoms. The Kier molecular flexibility index (Phi) is 3.65. The molecule has 1 N–H and O–H groups in total. The van der Waals surface area contributed by atoms with Gasteiger partial charge in [0.25, 0.3) is 5.91 Å². The Labute approximate surface area is 139 Å². The summed E-state index contributed by atoms with van der Waals surface area (Å²) in [5.41, 5.74) is 1.04. The molecule has 3 atom stereocenters. The van der Waals surface area contributed by atoms with Crippen molar-refractivity contribution in [3.05, 3.63) is 33.3 Å². The fraction of sp³-hybridized carbons (Fsp3) is 0.588. The normalized spacial score (nSPS) is 33.2. The van der Waals surface area contributed by atoms with Crippen LogP contribution in [0.5, 0.6) is 0 Å². The molecule has 4 heteroatoms. The summed E-state index contributed by atoms with van der Waals surface area (Å²) in [6.07, 6.45) is 3.57. The number of carbonyl (C=O) groups excluding carboxylic acids is 1. The number of rotatable bonds is 2. The van der Waals surface area contributed by atoms with Gasteiger partial charge in [0, 0.05) is 10.5 Å². The van der Waals surface area contributed by atoms with Crippen molar-refractivity contribution >= 4 is 33.4 Å². The van der Waals surface area contributed by atoms with Gasteiger partial charge in [0.2, 0.25) is 0 Å². The van der Waals surface area contributed by atoms with Gasteiger partial charge in [-0.3, -0.25) is 4.79 Å². The zero-order chi connectivity index (χ0) is 15.4. The molecule has 0 saturated heterocycles. The van der Waals surface area contributed by atoms with Crippen LogP contribution in [0.3, 0.4) is 0 Å². The van der Waals surface area contributed by atoms with Crippen LogP contribution in [0.4, 0.5) is 0 Å². The van der Waals surface area contributed by atoms with E-state index in [0.717, 1.165) is 10.9 Å². The van der Waals surface area contributed by atoms with E-state index in [9.17, 15) is 4.79 Å². The van der Waals surface area contributed by atoms with Gasteiger partial charge in [-0.05, 0) is 54.2 Å². The van der Waals surface area contributed by atoms with Crippen molar-refractivity contribution in [3.8, 4) is 0 Å². The van der Waals surface area contributed by atoms with E-state index in [4.69, 9.17) is 11.6 Å². The van der Waals surface area contributed by atoms with Crippen molar-refractivity contribution in [1.82, 2.24) is 5.32 Å². The number of hydrogen-bond donors (Lipinski definition) is 1. The molecule has 0 aromatic heterocycles. The highest BCUT2D eigenvalue weighted by Gasteiger charge is 2.61. The maximum atomic E-state index is 12.6. The highest BCUT2D eigenvalue weighted by molar-refractivity contribution is 9.10. The van der Waals surface area contributed by atoms with E-state index >= 15 is 0 Å². The van der Waals surface area contributed by atoms with Crippen LogP contribution in [0.2, 0.25) is 5.02 Å². The lowest BCUT2D eigenvalue weighted by Crippen LogP contribution is -2.46. The van der Waals surface area contributed by atoms with Crippen molar-refractivity contribution in [2.24, 2.45) is 16.7 Å². The minimum atomic E-state index is -0.0594. The summed E-state index contributed by atoms with van der Waals surface area (Å²) in [6, 6.07) is 5.64. The molecule has 2 nitrogen and oxygen atoms in total. The van der Waals surface area contributed by atoms with Gasteiger partial charge < -0.3 is 5.32 Å². The lowest BCUT2D eigenvalue weighted by Gasteiger charge is -2.39. The fourth-order valence-corrected chi connectivity index (χ4v) is 4.89. The molecule has 0 heterocycles. The second kappa shape index (κ2) is 4.99. The fourth-order valence-electron chi connectivity index (χ4n) is 4.33. The van der Waals surface area contributed by atoms with Crippen molar-refractivity contribution < 1.29 is 4.79 Å². The number of benzene rings is 1. The highest BCUT2D eigenvalue weighted by atomic mass is 79.9. The molecular formula is C17H21BrClNO. The summed E-state index contributed by atoms with van der Waals surface area (Å²) in [4.78, 5) is 12.6. The summed E-state index contributed by atoms with van der Waals surface area (Å²) in [7, 11) is 0. The van der Waals surface area contributed by atoms with Crippen molar-refractivity contribution in [2.45, 2.75) is 46.1 Å². The molecule has 1 aromatic rings. The van der Waals surface area contributed by atoms with Gasteiger partial charge in [-0.15, -0.1) is 0 Å². The minimum Gasteiger partial charge on any atom is -0.349 e. The SMILES string of the molecule is CC1(C)C2CCC1(C)C(NC(=O)c1cc(Br)ccc1Cl)C2. The van der Waals surface area contributed by atoms with Crippen LogP contribution in [-0.4, -0.2) is 11.9 Å². The number of carbonyl (C=O) groups is 1. The Balaban J connectivity index is 1.82. The zero-order valence-electron chi connectivity index (χ0n) is 12.7. The van der Waals surface area contributed by atoms with Gasteiger partial charge in [0.1, 0.15) is 0 Å². The zero-order valence-corrected chi connectivity index (χ0v) is 15.0. The molecule has 2 fully saturated rings. The molecule has 3 rings (SSSR count). The third-order valence-corrected chi connectivity index (χ3v) is 7.10. The molecule has 0 spiro atoms. The van der Waals surface area contributed by atoms with Crippen LogP contribution in [0.15, 0.2) is 22.7 Å². The standard InChI is InChI=1S/C17H21BrClNO/c1-16(2)10-6-7-17(16,3)14(8-10)20-15(21)12-9-11(18)4-5-13(12)19/h4-5,9-10,14H,6-8H2,1-3H3,(H,20,21). The number of nitrogens with one attached hydrogen (secondary N) is 1. The van der Waals surface area contributed by atoms with Gasteiger partial charge in [-0.2, -0.15) is 0 Å². The van der Waals surface area contributed by atoms with E-state index in [1.807, 2.05) is 6.07 Å². The second-order valence-corrected chi connectivity index (χ2v) is 8.58. The van der Waals surface area contributed by atoms with Crippen molar-refractivity contribution in [1.29, 1.82) is 0 Å². The summed E-state index contributed by atoms with van der Waals surface area (Å²) in [6.45, 7) is 7.03. The Morgan fingerprint density at radius 2 is 2.10 bits per heavy atom. The van der Waals surface area contributed by atoms with Crippen LogP contribution >= 0.6 is 27.5 Å². The number of fused-ring (bicyclic) bond motifs is 2. The van der Waals surface area contributed by atoms with Gasteiger partial charge in [-0.1, -0.05) is 48.3 Å². The Morgan fingerprint density at radius 3 is 2.67 bits per heavy atom. The molecule has 114 valence electrons. The molecule has 1 aromatic carbocycles. The first kappa shape index (κ1) is 15.4. The van der Waals surface area contributed by atoms with E-state index in [-0.39, 0.29) is 17.4 Å². The first-order chi connectivity index (χ1) is 9.75. The Morgan fingerprint density at radius 1 is 1.38 bits per heavy atom. The molecule has 0 aliphatic heterocycles. The summed E-state index contributed by atoms with van der Waals surface area (Å²) < 4.78 is 0.872. The van der Waals surface area contributed by atoms with Crippen molar-refractivity contribution in [2.75, 3.05) is 0 Å². The first-order valence-corrected chi connectivity index (χ1v) is 8.69. The maximum absolute atomic E-state index is 12.6. The number of halogens is 2. The topological polar surface area (TPSA) is 29.1 Å². The molecule has 2 bridgehead atoms. The molecule has 2 aliphatic rings. The van der Waals surface area contributed by atoms with Gasteiger partial charge >= 0.3 is 0 Å². The smallest absolute Gasteiger partial charge is 0.253 e. The van der Waals surface area contributed by atoms with E-state index in [0.29, 0.717) is 21.9 Å². The van der Waals surface area contributed by atoms with E-state index in [1.54, 1.807) is 12.1 Å². The van der Waals surface area contributed by atoms with Gasteiger partial charge in [-0.25, -0.2) is 0 Å². The second-order valence-electron chi connectivity index (χ2n) is 7.26. The number of hydrogen-bond acceptors (Lipinski definition) is 1. The third-order valence-electron chi connectivity index (χ3n) is 6.27. The van der Waals surface area contributed by atoms with Crippen LogP contribution < -0.4 is 5.32 Å². The largest absolute Gasteiger partial charge is 0.349 e. The lowest BCUT2D eigenvalue weighted by molar-refractivity contribution is 0.0826. The Hall–Kier alpha value is -0.540. The predicted octanol–water partition coefficient (Wildman–Crippen LogP) is 5.05. The van der Waals surface area contributed by atoms with Crippen LogP contribution in [-0.2, 0) is 0 Å². The lowest BCUT2D eigenvalue weighted by atomic mass is 9.69. The maximum Gasteiger partial charge on any atom is 0.253 e. The molecule has 3 unspecified atom stereocenters. The predicted molar refractivity (Wildman–Crippen MR) is 89.6 cm³/mol. The summed E-state index contributed by atoms with van der Waals surface area (Å²) in [5, 5.41) is 3.75. The molecule has 2 aliphatic carbocycles. The summed E-state index contributed by atoms with van der Waals surface area (Å²) >= 11 is 9.56. The average Bonchev–Trinajstić information content (AvgIpc) is 2.74. The van der Waals surface area contributed by atoms with Crippen molar-refractivity contribution in [3.63, 3.8) is 0 Å². The highest BCUT2D eigenvalue weighted by Crippen LogP contribution is 2.65.